The van der Waals surface area contributed by atoms with Crippen molar-refractivity contribution in [1.82, 2.24) is 14.9 Å². The molecular formula is C20H22ClN3O2S2. The molecule has 5 nitrogen and oxygen atoms in total. The fraction of sp³-hybridized carbons (Fsp3) is 0.350. The van der Waals surface area contributed by atoms with Gasteiger partial charge >= 0.3 is 0 Å². The predicted octanol–water partition coefficient (Wildman–Crippen LogP) is 4.73. The maximum atomic E-state index is 13.3. The van der Waals surface area contributed by atoms with Gasteiger partial charge in [-0.05, 0) is 50.1 Å². The van der Waals surface area contributed by atoms with Crippen LogP contribution in [0.4, 0.5) is 0 Å². The third-order valence-electron chi connectivity index (χ3n) is 4.44. The largest absolute Gasteiger partial charge is 0.355 e. The van der Waals surface area contributed by atoms with Gasteiger partial charge in [0.05, 0.1) is 16.8 Å². The summed E-state index contributed by atoms with van der Waals surface area (Å²) in [4.78, 5) is 31.9. The van der Waals surface area contributed by atoms with E-state index in [1.807, 2.05) is 13.8 Å². The molecule has 0 bridgehead atoms. The monoisotopic (exact) mass is 435 g/mol. The lowest BCUT2D eigenvalue weighted by Crippen LogP contribution is -2.27. The minimum absolute atomic E-state index is 0.0611. The number of thiophene rings is 1. The molecule has 0 fully saturated rings. The Bertz CT molecular complexity index is 1060. The Balaban J connectivity index is 2.02. The molecule has 148 valence electrons. The van der Waals surface area contributed by atoms with Crippen LogP contribution in [0.3, 0.4) is 0 Å². The normalized spacial score (nSPS) is 11.1. The quantitative estimate of drug-likeness (QED) is 0.331. The Kier molecular flexibility index (Phi) is 6.80. The maximum Gasteiger partial charge on any atom is 0.267 e. The van der Waals surface area contributed by atoms with Gasteiger partial charge in [-0.25, -0.2) is 4.98 Å². The van der Waals surface area contributed by atoms with Crippen LogP contribution in [0.2, 0.25) is 5.02 Å². The average Bonchev–Trinajstić information content (AvgIpc) is 2.95. The summed E-state index contributed by atoms with van der Waals surface area (Å²) < 4.78 is 1.57. The van der Waals surface area contributed by atoms with Crippen molar-refractivity contribution in [3.05, 3.63) is 50.1 Å². The summed E-state index contributed by atoms with van der Waals surface area (Å²) in [6, 6.07) is 7.06. The Hall–Kier alpha value is -1.83. The molecule has 8 heteroatoms. The number of halogens is 1. The van der Waals surface area contributed by atoms with Crippen molar-refractivity contribution in [2.45, 2.75) is 38.8 Å². The lowest BCUT2D eigenvalue weighted by Gasteiger charge is -2.12. The number of thioether (sulfide) groups is 1. The van der Waals surface area contributed by atoms with Crippen LogP contribution < -0.4 is 10.9 Å². The van der Waals surface area contributed by atoms with Crippen molar-refractivity contribution in [1.29, 1.82) is 0 Å². The van der Waals surface area contributed by atoms with Crippen LogP contribution in [0.5, 0.6) is 0 Å². The van der Waals surface area contributed by atoms with Gasteiger partial charge in [0, 0.05) is 16.4 Å². The molecule has 0 aliphatic carbocycles. The summed E-state index contributed by atoms with van der Waals surface area (Å²) in [6.45, 7) is 6.67. The molecule has 3 rings (SSSR count). The molecule has 0 aliphatic heterocycles. The zero-order valence-electron chi connectivity index (χ0n) is 16.0. The topological polar surface area (TPSA) is 64.0 Å². The van der Waals surface area contributed by atoms with Gasteiger partial charge in [-0.1, -0.05) is 36.7 Å². The maximum absolute atomic E-state index is 13.3. The second kappa shape index (κ2) is 9.11. The van der Waals surface area contributed by atoms with Crippen LogP contribution in [0.1, 0.15) is 30.2 Å². The zero-order chi connectivity index (χ0) is 20.3. The first kappa shape index (κ1) is 20.9. The van der Waals surface area contributed by atoms with Gasteiger partial charge in [-0.2, -0.15) is 0 Å². The fourth-order valence-electron chi connectivity index (χ4n) is 2.78. The van der Waals surface area contributed by atoms with Crippen LogP contribution in [-0.4, -0.2) is 27.8 Å². The first-order chi connectivity index (χ1) is 13.4. The highest BCUT2D eigenvalue weighted by Gasteiger charge is 2.18. The number of benzene rings is 1. The minimum Gasteiger partial charge on any atom is -0.355 e. The number of unbranched alkanes of at least 4 members (excludes halogenated alkanes) is 1. The van der Waals surface area contributed by atoms with Crippen LogP contribution in [0.25, 0.3) is 15.9 Å². The molecule has 0 saturated heterocycles. The molecule has 1 amide bonds. The number of hydrogen-bond donors (Lipinski definition) is 1. The summed E-state index contributed by atoms with van der Waals surface area (Å²) in [7, 11) is 0. The standard InChI is InChI=1S/C20H22ClN3O2S2/c1-4-5-10-22-16(25)11-27-20-23-18-17(12(2)13(3)28-18)19(26)24(20)15-8-6-14(21)7-9-15/h6-9H,4-5,10-11H2,1-3H3,(H,22,25). The molecule has 2 heterocycles. The fourth-order valence-corrected chi connectivity index (χ4v) is 4.81. The van der Waals surface area contributed by atoms with Gasteiger partial charge in [-0.3, -0.25) is 14.2 Å². The van der Waals surface area contributed by atoms with Gasteiger partial charge in [0.25, 0.3) is 5.56 Å². The van der Waals surface area contributed by atoms with Crippen molar-refractivity contribution in [3.63, 3.8) is 0 Å². The number of aromatic nitrogens is 2. The number of aryl methyl sites for hydroxylation is 2. The van der Waals surface area contributed by atoms with Crippen molar-refractivity contribution < 1.29 is 4.79 Å². The molecule has 3 aromatic rings. The number of rotatable bonds is 7. The minimum atomic E-state index is -0.122. The third kappa shape index (κ3) is 4.42. The summed E-state index contributed by atoms with van der Waals surface area (Å²) >= 11 is 8.78. The van der Waals surface area contributed by atoms with Crippen molar-refractivity contribution in [3.8, 4) is 5.69 Å². The van der Waals surface area contributed by atoms with Gasteiger partial charge in [0.1, 0.15) is 4.83 Å². The molecule has 1 N–H and O–H groups in total. The molecule has 0 atom stereocenters. The van der Waals surface area contributed by atoms with Crippen molar-refractivity contribution >= 4 is 50.8 Å². The van der Waals surface area contributed by atoms with E-state index in [1.165, 1.54) is 23.1 Å². The summed E-state index contributed by atoms with van der Waals surface area (Å²) in [5.41, 5.74) is 1.51. The van der Waals surface area contributed by atoms with Gasteiger partial charge < -0.3 is 5.32 Å². The van der Waals surface area contributed by atoms with E-state index < -0.39 is 0 Å². The molecule has 0 saturated carbocycles. The van der Waals surface area contributed by atoms with E-state index in [1.54, 1.807) is 28.8 Å². The smallest absolute Gasteiger partial charge is 0.267 e. The zero-order valence-corrected chi connectivity index (χ0v) is 18.4. The van der Waals surface area contributed by atoms with E-state index in [-0.39, 0.29) is 17.2 Å². The molecule has 0 spiro atoms. The number of fused-ring (bicyclic) bond motifs is 1. The Morgan fingerprint density at radius 1 is 1.29 bits per heavy atom. The molecule has 0 radical (unpaired) electrons. The Labute approximate surface area is 177 Å². The number of nitrogens with one attached hydrogen (secondary N) is 1. The number of carbonyl (C=O) groups is 1. The van der Waals surface area contributed by atoms with Gasteiger partial charge in [0.2, 0.25) is 5.91 Å². The highest BCUT2D eigenvalue weighted by molar-refractivity contribution is 7.99. The van der Waals surface area contributed by atoms with E-state index in [9.17, 15) is 9.59 Å². The third-order valence-corrected chi connectivity index (χ3v) is 6.73. The number of amides is 1. The Morgan fingerprint density at radius 2 is 2.00 bits per heavy atom. The van der Waals surface area contributed by atoms with E-state index in [0.29, 0.717) is 32.6 Å². The number of carbonyl (C=O) groups excluding carboxylic acids is 1. The molecule has 0 unspecified atom stereocenters. The summed E-state index contributed by atoms with van der Waals surface area (Å²) in [5, 5.41) is 4.63. The highest BCUT2D eigenvalue weighted by atomic mass is 35.5. The Morgan fingerprint density at radius 3 is 2.68 bits per heavy atom. The summed E-state index contributed by atoms with van der Waals surface area (Å²) in [6.07, 6.45) is 1.97. The molecule has 28 heavy (non-hydrogen) atoms. The lowest BCUT2D eigenvalue weighted by molar-refractivity contribution is -0.118. The average molecular weight is 436 g/mol. The van der Waals surface area contributed by atoms with E-state index in [0.717, 1.165) is 23.3 Å². The molecule has 0 aliphatic rings. The second-order valence-electron chi connectivity index (χ2n) is 6.47. The molecular weight excluding hydrogens is 414 g/mol. The van der Waals surface area contributed by atoms with E-state index in [2.05, 4.69) is 12.2 Å². The van der Waals surface area contributed by atoms with Crippen LogP contribution in [0.15, 0.2) is 34.2 Å². The van der Waals surface area contributed by atoms with Crippen LogP contribution in [-0.2, 0) is 4.79 Å². The van der Waals surface area contributed by atoms with Gasteiger partial charge in [-0.15, -0.1) is 11.3 Å². The van der Waals surface area contributed by atoms with E-state index >= 15 is 0 Å². The van der Waals surface area contributed by atoms with Gasteiger partial charge in [0.15, 0.2) is 5.16 Å². The summed E-state index contributed by atoms with van der Waals surface area (Å²) in [5.74, 6) is 0.146. The molecule has 2 aromatic heterocycles. The van der Waals surface area contributed by atoms with Crippen molar-refractivity contribution in [2.24, 2.45) is 0 Å². The lowest BCUT2D eigenvalue weighted by atomic mass is 10.2. The predicted molar refractivity (Wildman–Crippen MR) is 118 cm³/mol. The first-order valence-corrected chi connectivity index (χ1v) is 11.3. The second-order valence-corrected chi connectivity index (χ2v) is 9.05. The van der Waals surface area contributed by atoms with E-state index in [4.69, 9.17) is 16.6 Å². The highest BCUT2D eigenvalue weighted by Crippen LogP contribution is 2.29. The van der Waals surface area contributed by atoms with Crippen LogP contribution >= 0.6 is 34.7 Å². The number of hydrogen-bond acceptors (Lipinski definition) is 5. The molecule has 1 aromatic carbocycles. The SMILES string of the molecule is CCCCNC(=O)CSc1nc2sc(C)c(C)c2c(=O)n1-c1ccc(Cl)cc1. The number of nitrogens with zero attached hydrogens (tertiary/aromatic N) is 2. The first-order valence-electron chi connectivity index (χ1n) is 9.10. The van der Waals surface area contributed by atoms with Crippen molar-refractivity contribution in [2.75, 3.05) is 12.3 Å². The van der Waals surface area contributed by atoms with Crippen LogP contribution in [0, 0.1) is 13.8 Å².